The maximum atomic E-state index is 3.43. The fourth-order valence-electron chi connectivity index (χ4n) is 2.10. The van der Waals surface area contributed by atoms with Gasteiger partial charge in [-0.25, -0.2) is 0 Å². The van der Waals surface area contributed by atoms with Crippen molar-refractivity contribution in [1.29, 1.82) is 0 Å². The van der Waals surface area contributed by atoms with Crippen molar-refractivity contribution >= 4 is 0 Å². The number of nitrogens with one attached hydrogen (secondary N) is 1. The summed E-state index contributed by atoms with van der Waals surface area (Å²) < 4.78 is 0. The summed E-state index contributed by atoms with van der Waals surface area (Å²) in [5, 5.41) is 3.43. The van der Waals surface area contributed by atoms with Crippen LogP contribution in [0, 0.1) is 17.8 Å². The molecule has 0 spiro atoms. The molecule has 0 amide bonds. The van der Waals surface area contributed by atoms with Crippen molar-refractivity contribution in [2.24, 2.45) is 17.8 Å². The van der Waals surface area contributed by atoms with Gasteiger partial charge >= 0.3 is 0 Å². The molecule has 0 aromatic carbocycles. The second-order valence-corrected chi connectivity index (χ2v) is 4.36. The molecular weight excluding hydrogens is 134 g/mol. The number of hydrogen-bond acceptors (Lipinski definition) is 1. The molecule has 1 nitrogen and oxygen atoms in total. The van der Waals surface area contributed by atoms with Gasteiger partial charge in [-0.2, -0.15) is 0 Å². The maximum Gasteiger partial charge on any atom is -0.00175 e. The zero-order chi connectivity index (χ0) is 8.27. The van der Waals surface area contributed by atoms with E-state index >= 15 is 0 Å². The molecule has 66 valence electrons. The van der Waals surface area contributed by atoms with E-state index in [0.29, 0.717) is 0 Å². The highest BCUT2D eigenvalue weighted by Crippen LogP contribution is 2.24. The molecule has 1 saturated heterocycles. The molecule has 0 bridgehead atoms. The Morgan fingerprint density at radius 2 is 2.09 bits per heavy atom. The van der Waals surface area contributed by atoms with Crippen molar-refractivity contribution in [3.8, 4) is 0 Å². The predicted octanol–water partition coefficient (Wildman–Crippen LogP) is 2.28. The van der Waals surface area contributed by atoms with E-state index in [4.69, 9.17) is 0 Å². The van der Waals surface area contributed by atoms with Gasteiger partial charge in [-0.3, -0.25) is 0 Å². The summed E-state index contributed by atoms with van der Waals surface area (Å²) in [6.45, 7) is 9.54. The van der Waals surface area contributed by atoms with E-state index < -0.39 is 0 Å². The standard InChI is InChI=1S/C10H21N/c1-8(2)6-9(3)10-4-5-11-7-10/h8-11H,4-7H2,1-3H3. The quantitative estimate of drug-likeness (QED) is 0.659. The molecule has 0 aromatic heterocycles. The van der Waals surface area contributed by atoms with Crippen LogP contribution in [0.2, 0.25) is 0 Å². The first kappa shape index (κ1) is 9.05. The first-order chi connectivity index (χ1) is 5.20. The number of rotatable bonds is 3. The normalized spacial score (nSPS) is 27.8. The van der Waals surface area contributed by atoms with Gasteiger partial charge in [0.2, 0.25) is 0 Å². The van der Waals surface area contributed by atoms with Crippen LogP contribution in [0.15, 0.2) is 0 Å². The summed E-state index contributed by atoms with van der Waals surface area (Å²) in [5.41, 5.74) is 0. The van der Waals surface area contributed by atoms with E-state index in [0.717, 1.165) is 17.8 Å². The molecule has 1 aliphatic heterocycles. The summed E-state index contributed by atoms with van der Waals surface area (Å²) >= 11 is 0. The van der Waals surface area contributed by atoms with E-state index in [9.17, 15) is 0 Å². The summed E-state index contributed by atoms with van der Waals surface area (Å²) in [4.78, 5) is 0. The van der Waals surface area contributed by atoms with E-state index in [1.54, 1.807) is 0 Å². The smallest absolute Gasteiger partial charge is 0.00175 e. The van der Waals surface area contributed by atoms with Crippen LogP contribution in [-0.2, 0) is 0 Å². The SMILES string of the molecule is CC(C)CC(C)C1CCNC1. The van der Waals surface area contributed by atoms with Crippen molar-refractivity contribution in [2.75, 3.05) is 13.1 Å². The highest BCUT2D eigenvalue weighted by atomic mass is 14.9. The molecule has 1 aliphatic rings. The molecule has 11 heavy (non-hydrogen) atoms. The van der Waals surface area contributed by atoms with Crippen LogP contribution in [0.25, 0.3) is 0 Å². The van der Waals surface area contributed by atoms with E-state index in [1.165, 1.54) is 25.9 Å². The van der Waals surface area contributed by atoms with Crippen LogP contribution in [0.5, 0.6) is 0 Å². The van der Waals surface area contributed by atoms with E-state index in [-0.39, 0.29) is 0 Å². The first-order valence-corrected chi connectivity index (χ1v) is 4.91. The van der Waals surface area contributed by atoms with Gasteiger partial charge in [0, 0.05) is 0 Å². The second kappa shape index (κ2) is 4.10. The Kier molecular flexibility index (Phi) is 3.38. The monoisotopic (exact) mass is 155 g/mol. The van der Waals surface area contributed by atoms with Crippen LogP contribution in [-0.4, -0.2) is 13.1 Å². The average Bonchev–Trinajstić information content (AvgIpc) is 2.35. The van der Waals surface area contributed by atoms with Gasteiger partial charge in [0.1, 0.15) is 0 Å². The summed E-state index contributed by atoms with van der Waals surface area (Å²) in [5.74, 6) is 2.74. The number of hydrogen-bond donors (Lipinski definition) is 1. The van der Waals surface area contributed by atoms with E-state index in [1.807, 2.05) is 0 Å². The van der Waals surface area contributed by atoms with Crippen molar-refractivity contribution in [2.45, 2.75) is 33.6 Å². The molecule has 0 aromatic rings. The topological polar surface area (TPSA) is 12.0 Å². The molecule has 1 fully saturated rings. The molecule has 1 heterocycles. The van der Waals surface area contributed by atoms with Gasteiger partial charge in [-0.05, 0) is 43.7 Å². The Bertz CT molecular complexity index is 103. The lowest BCUT2D eigenvalue weighted by Crippen LogP contribution is -2.16. The van der Waals surface area contributed by atoms with Crippen LogP contribution in [0.4, 0.5) is 0 Å². The Hall–Kier alpha value is -0.0400. The lowest BCUT2D eigenvalue weighted by atomic mass is 9.86. The first-order valence-electron chi connectivity index (χ1n) is 4.91. The third kappa shape index (κ3) is 2.82. The zero-order valence-electron chi connectivity index (χ0n) is 8.06. The molecular formula is C10H21N. The third-order valence-corrected chi connectivity index (χ3v) is 2.75. The molecule has 1 heteroatoms. The minimum atomic E-state index is 0.866. The van der Waals surface area contributed by atoms with Crippen molar-refractivity contribution in [3.05, 3.63) is 0 Å². The van der Waals surface area contributed by atoms with Crippen molar-refractivity contribution in [1.82, 2.24) is 5.32 Å². The fourth-order valence-corrected chi connectivity index (χ4v) is 2.10. The Labute approximate surface area is 70.6 Å². The van der Waals surface area contributed by atoms with Crippen LogP contribution >= 0.6 is 0 Å². The molecule has 0 aliphatic carbocycles. The Morgan fingerprint density at radius 3 is 2.55 bits per heavy atom. The van der Waals surface area contributed by atoms with Gasteiger partial charge in [0.05, 0.1) is 0 Å². The summed E-state index contributed by atoms with van der Waals surface area (Å²) in [7, 11) is 0. The lowest BCUT2D eigenvalue weighted by molar-refractivity contribution is 0.323. The lowest BCUT2D eigenvalue weighted by Gasteiger charge is -2.19. The van der Waals surface area contributed by atoms with Gasteiger partial charge < -0.3 is 5.32 Å². The van der Waals surface area contributed by atoms with Gasteiger partial charge in [-0.1, -0.05) is 20.8 Å². The van der Waals surface area contributed by atoms with Gasteiger partial charge in [0.15, 0.2) is 0 Å². The van der Waals surface area contributed by atoms with Crippen LogP contribution < -0.4 is 5.32 Å². The molecule has 0 radical (unpaired) electrons. The highest BCUT2D eigenvalue weighted by Gasteiger charge is 2.21. The van der Waals surface area contributed by atoms with Gasteiger partial charge in [0.25, 0.3) is 0 Å². The Balaban J connectivity index is 2.22. The van der Waals surface area contributed by atoms with Crippen molar-refractivity contribution in [3.63, 3.8) is 0 Å². The minimum Gasteiger partial charge on any atom is -0.316 e. The van der Waals surface area contributed by atoms with Crippen LogP contribution in [0.3, 0.4) is 0 Å². The average molecular weight is 155 g/mol. The van der Waals surface area contributed by atoms with E-state index in [2.05, 4.69) is 26.1 Å². The van der Waals surface area contributed by atoms with Gasteiger partial charge in [-0.15, -0.1) is 0 Å². The highest BCUT2D eigenvalue weighted by molar-refractivity contribution is 4.76. The maximum absolute atomic E-state index is 3.43. The fraction of sp³-hybridized carbons (Fsp3) is 1.00. The molecule has 1 rings (SSSR count). The van der Waals surface area contributed by atoms with Crippen molar-refractivity contribution < 1.29 is 0 Å². The molecule has 0 saturated carbocycles. The minimum absolute atomic E-state index is 0.866. The molecule has 2 unspecified atom stereocenters. The molecule has 1 N–H and O–H groups in total. The molecule has 2 atom stereocenters. The predicted molar refractivity (Wildman–Crippen MR) is 49.6 cm³/mol. The third-order valence-electron chi connectivity index (χ3n) is 2.75. The largest absolute Gasteiger partial charge is 0.316 e. The Morgan fingerprint density at radius 1 is 1.36 bits per heavy atom. The zero-order valence-corrected chi connectivity index (χ0v) is 8.06. The second-order valence-electron chi connectivity index (χ2n) is 4.36. The van der Waals surface area contributed by atoms with Crippen LogP contribution in [0.1, 0.15) is 33.6 Å². The summed E-state index contributed by atoms with van der Waals surface area (Å²) in [6.07, 6.45) is 2.79. The summed E-state index contributed by atoms with van der Waals surface area (Å²) in [6, 6.07) is 0.